The summed E-state index contributed by atoms with van der Waals surface area (Å²) in [4.78, 5) is 2.59. The Balaban J connectivity index is 1.56. The van der Waals surface area contributed by atoms with Crippen molar-refractivity contribution in [2.45, 2.75) is 37.0 Å². The summed E-state index contributed by atoms with van der Waals surface area (Å²) in [5.41, 5.74) is 1.57. The molecule has 5 nitrogen and oxygen atoms in total. The molecule has 0 saturated carbocycles. The van der Waals surface area contributed by atoms with E-state index in [0.29, 0.717) is 23.9 Å². The Kier molecular flexibility index (Phi) is 6.61. The standard InChI is InChI=1S/C19H27ClN2O3S/c1-25-19-8-7-17(15-18(19)20)26(23,24)22-13-11-21(12-14-22)10-9-16-5-3-2-4-6-16/h5,7-8,15H,2-4,6,9-14H2,1H3. The monoisotopic (exact) mass is 398 g/mol. The fraction of sp³-hybridized carbons (Fsp3) is 0.579. The maximum Gasteiger partial charge on any atom is 0.243 e. The molecule has 1 heterocycles. The first kappa shape index (κ1) is 19.7. The van der Waals surface area contributed by atoms with Crippen LogP contribution in [0.1, 0.15) is 32.1 Å². The van der Waals surface area contributed by atoms with Gasteiger partial charge in [-0.25, -0.2) is 8.42 Å². The lowest BCUT2D eigenvalue weighted by Crippen LogP contribution is -2.48. The molecule has 144 valence electrons. The number of benzene rings is 1. The van der Waals surface area contributed by atoms with Crippen LogP contribution in [0.2, 0.25) is 5.02 Å². The molecule has 0 amide bonds. The highest BCUT2D eigenvalue weighted by Gasteiger charge is 2.29. The Labute approximate surface area is 161 Å². The van der Waals surface area contributed by atoms with Crippen LogP contribution in [0.15, 0.2) is 34.7 Å². The lowest BCUT2D eigenvalue weighted by atomic mass is 9.97. The van der Waals surface area contributed by atoms with Crippen molar-refractivity contribution in [3.8, 4) is 5.75 Å². The van der Waals surface area contributed by atoms with Crippen LogP contribution in [0, 0.1) is 0 Å². The van der Waals surface area contributed by atoms with Gasteiger partial charge in [0, 0.05) is 32.7 Å². The summed E-state index contributed by atoms with van der Waals surface area (Å²) < 4.78 is 32.4. The van der Waals surface area contributed by atoms with E-state index >= 15 is 0 Å². The van der Waals surface area contributed by atoms with Gasteiger partial charge in [0.15, 0.2) is 0 Å². The molecule has 0 unspecified atom stereocenters. The van der Waals surface area contributed by atoms with E-state index in [0.717, 1.165) is 26.1 Å². The zero-order valence-electron chi connectivity index (χ0n) is 15.3. The van der Waals surface area contributed by atoms with Gasteiger partial charge >= 0.3 is 0 Å². The number of hydrogen-bond donors (Lipinski definition) is 0. The second kappa shape index (κ2) is 8.74. The van der Waals surface area contributed by atoms with Crippen LogP contribution in [-0.4, -0.2) is 57.5 Å². The molecule has 0 N–H and O–H groups in total. The number of rotatable bonds is 6. The highest BCUT2D eigenvalue weighted by Crippen LogP contribution is 2.29. The second-order valence-corrected chi connectivity index (χ2v) is 9.25. The van der Waals surface area contributed by atoms with E-state index in [1.807, 2.05) is 0 Å². The summed E-state index contributed by atoms with van der Waals surface area (Å²) in [5, 5.41) is 0.313. The molecule has 0 aromatic heterocycles. The van der Waals surface area contributed by atoms with Gasteiger partial charge in [-0.2, -0.15) is 4.31 Å². The summed E-state index contributed by atoms with van der Waals surface area (Å²) in [6, 6.07) is 4.63. The second-order valence-electron chi connectivity index (χ2n) is 6.90. The summed E-state index contributed by atoms with van der Waals surface area (Å²) in [6.07, 6.45) is 8.56. The van der Waals surface area contributed by atoms with Crippen LogP contribution in [-0.2, 0) is 10.0 Å². The Morgan fingerprint density at radius 3 is 2.54 bits per heavy atom. The average molecular weight is 399 g/mol. The fourth-order valence-electron chi connectivity index (χ4n) is 3.58. The van der Waals surface area contributed by atoms with Gasteiger partial charge in [-0.3, -0.25) is 0 Å². The Morgan fingerprint density at radius 1 is 1.15 bits per heavy atom. The van der Waals surface area contributed by atoms with Crippen molar-refractivity contribution in [2.24, 2.45) is 0 Å². The average Bonchev–Trinajstić information content (AvgIpc) is 2.67. The van der Waals surface area contributed by atoms with Crippen LogP contribution in [0.25, 0.3) is 0 Å². The molecule has 0 spiro atoms. The van der Waals surface area contributed by atoms with Crippen molar-refractivity contribution in [3.63, 3.8) is 0 Å². The molecule has 1 aromatic rings. The highest BCUT2D eigenvalue weighted by atomic mass is 35.5. The van der Waals surface area contributed by atoms with Gasteiger partial charge in [0.2, 0.25) is 10.0 Å². The zero-order valence-corrected chi connectivity index (χ0v) is 16.9. The number of ether oxygens (including phenoxy) is 1. The van der Waals surface area contributed by atoms with E-state index in [2.05, 4.69) is 11.0 Å². The zero-order chi connectivity index (χ0) is 18.6. The van der Waals surface area contributed by atoms with Gasteiger partial charge in [0.1, 0.15) is 5.75 Å². The van der Waals surface area contributed by atoms with E-state index in [9.17, 15) is 8.42 Å². The molecule has 26 heavy (non-hydrogen) atoms. The van der Waals surface area contributed by atoms with Gasteiger partial charge < -0.3 is 9.64 Å². The number of allylic oxidation sites excluding steroid dienone is 1. The Bertz CT molecular complexity index is 756. The van der Waals surface area contributed by atoms with Gasteiger partial charge in [-0.15, -0.1) is 0 Å². The number of hydrogen-bond acceptors (Lipinski definition) is 4. The fourth-order valence-corrected chi connectivity index (χ4v) is 5.35. The first-order chi connectivity index (χ1) is 12.5. The molecule has 1 aliphatic heterocycles. The van der Waals surface area contributed by atoms with Crippen molar-refractivity contribution < 1.29 is 13.2 Å². The molecule has 1 aromatic carbocycles. The van der Waals surface area contributed by atoms with Crippen molar-refractivity contribution in [3.05, 3.63) is 34.9 Å². The lowest BCUT2D eigenvalue weighted by Gasteiger charge is -2.34. The van der Waals surface area contributed by atoms with E-state index < -0.39 is 10.0 Å². The predicted molar refractivity (Wildman–Crippen MR) is 104 cm³/mol. The van der Waals surface area contributed by atoms with E-state index in [1.54, 1.807) is 22.0 Å². The van der Waals surface area contributed by atoms with Crippen LogP contribution in [0.3, 0.4) is 0 Å². The van der Waals surface area contributed by atoms with E-state index in [-0.39, 0.29) is 4.90 Å². The first-order valence-corrected chi connectivity index (χ1v) is 11.1. The van der Waals surface area contributed by atoms with Crippen LogP contribution >= 0.6 is 11.6 Å². The largest absolute Gasteiger partial charge is 0.495 e. The van der Waals surface area contributed by atoms with Crippen LogP contribution < -0.4 is 4.74 Å². The van der Waals surface area contributed by atoms with Gasteiger partial charge in [-0.1, -0.05) is 23.3 Å². The van der Waals surface area contributed by atoms with Crippen molar-refractivity contribution in [2.75, 3.05) is 39.8 Å². The van der Waals surface area contributed by atoms with Crippen molar-refractivity contribution >= 4 is 21.6 Å². The third-order valence-electron chi connectivity index (χ3n) is 5.23. The van der Waals surface area contributed by atoms with Crippen molar-refractivity contribution in [1.29, 1.82) is 0 Å². The Morgan fingerprint density at radius 2 is 1.92 bits per heavy atom. The highest BCUT2D eigenvalue weighted by molar-refractivity contribution is 7.89. The van der Waals surface area contributed by atoms with Crippen molar-refractivity contribution in [1.82, 2.24) is 9.21 Å². The smallest absolute Gasteiger partial charge is 0.243 e. The SMILES string of the molecule is COc1ccc(S(=O)(=O)N2CCN(CCC3=CCCCC3)CC2)cc1Cl. The topological polar surface area (TPSA) is 49.9 Å². The molecule has 0 bridgehead atoms. The number of sulfonamides is 1. The number of nitrogens with zero attached hydrogens (tertiary/aromatic N) is 2. The molecule has 0 radical (unpaired) electrons. The molecule has 2 aliphatic rings. The van der Waals surface area contributed by atoms with Gasteiger partial charge in [0.05, 0.1) is 17.0 Å². The minimum absolute atomic E-state index is 0.226. The minimum atomic E-state index is -3.51. The summed E-state index contributed by atoms with van der Waals surface area (Å²) in [7, 11) is -2.00. The maximum absolute atomic E-state index is 12.8. The molecular formula is C19H27ClN2O3S. The van der Waals surface area contributed by atoms with Crippen LogP contribution in [0.4, 0.5) is 0 Å². The number of halogens is 1. The van der Waals surface area contributed by atoms with E-state index in [4.69, 9.17) is 16.3 Å². The summed E-state index contributed by atoms with van der Waals surface area (Å²) in [6.45, 7) is 3.61. The normalized spacial score (nSPS) is 20.0. The van der Waals surface area contributed by atoms with Gasteiger partial charge in [-0.05, 0) is 50.3 Å². The molecule has 3 rings (SSSR count). The molecule has 7 heteroatoms. The molecular weight excluding hydrogens is 372 g/mol. The third-order valence-corrected chi connectivity index (χ3v) is 7.42. The predicted octanol–water partition coefficient (Wildman–Crippen LogP) is 3.55. The Hall–Kier alpha value is -1.08. The maximum atomic E-state index is 12.8. The molecule has 1 aliphatic carbocycles. The quantitative estimate of drug-likeness (QED) is 0.687. The van der Waals surface area contributed by atoms with E-state index in [1.165, 1.54) is 38.9 Å². The number of methoxy groups -OCH3 is 1. The molecule has 1 saturated heterocycles. The summed E-state index contributed by atoms with van der Waals surface area (Å²) >= 11 is 6.09. The molecule has 1 fully saturated rings. The number of piperazine rings is 1. The van der Waals surface area contributed by atoms with Crippen LogP contribution in [0.5, 0.6) is 5.75 Å². The third kappa shape index (κ3) is 4.60. The summed E-state index contributed by atoms with van der Waals surface area (Å²) in [5.74, 6) is 0.479. The molecule has 0 atom stereocenters. The first-order valence-electron chi connectivity index (χ1n) is 9.24. The minimum Gasteiger partial charge on any atom is -0.495 e. The van der Waals surface area contributed by atoms with Gasteiger partial charge in [0.25, 0.3) is 0 Å². The lowest BCUT2D eigenvalue weighted by molar-refractivity contribution is 0.189.